The summed E-state index contributed by atoms with van der Waals surface area (Å²) < 4.78 is 0. The summed E-state index contributed by atoms with van der Waals surface area (Å²) in [4.78, 5) is 22.2. The summed E-state index contributed by atoms with van der Waals surface area (Å²) in [6.45, 7) is 19.0. The highest BCUT2D eigenvalue weighted by Crippen LogP contribution is 2.24. The van der Waals surface area contributed by atoms with Crippen LogP contribution in [-0.2, 0) is 6.54 Å². The SMILES string of the molecule is C=C(N)C(=C)N1CCN(C(=O)c2cc(CN3CCN(c4ccccc4C#N)CC3)c(C)cc2C)CC1. The predicted molar refractivity (Wildman–Crippen MR) is 145 cm³/mol. The summed E-state index contributed by atoms with van der Waals surface area (Å²) in [5, 5.41) is 9.44. The Labute approximate surface area is 214 Å². The van der Waals surface area contributed by atoms with Crippen LogP contribution < -0.4 is 10.6 Å². The number of benzene rings is 2. The lowest BCUT2D eigenvalue weighted by Gasteiger charge is -2.37. The van der Waals surface area contributed by atoms with Crippen LogP contribution in [0.4, 0.5) is 5.69 Å². The third-order valence-corrected chi connectivity index (χ3v) is 7.36. The molecule has 7 heteroatoms. The Bertz CT molecular complexity index is 1200. The van der Waals surface area contributed by atoms with E-state index in [1.165, 1.54) is 11.1 Å². The normalized spacial score (nSPS) is 16.5. The summed E-state index contributed by atoms with van der Waals surface area (Å²) in [6.07, 6.45) is 0. The number of amides is 1. The Kier molecular flexibility index (Phi) is 7.66. The second-order valence-corrected chi connectivity index (χ2v) is 9.74. The van der Waals surface area contributed by atoms with Gasteiger partial charge in [-0.05, 0) is 48.7 Å². The Morgan fingerprint density at radius 1 is 0.944 bits per heavy atom. The first kappa shape index (κ1) is 25.3. The smallest absolute Gasteiger partial charge is 0.254 e. The summed E-state index contributed by atoms with van der Waals surface area (Å²) in [7, 11) is 0. The van der Waals surface area contributed by atoms with E-state index in [4.69, 9.17) is 5.73 Å². The zero-order chi connectivity index (χ0) is 25.8. The van der Waals surface area contributed by atoms with Crippen molar-refractivity contribution in [3.63, 3.8) is 0 Å². The van der Waals surface area contributed by atoms with Crippen LogP contribution in [0, 0.1) is 25.2 Å². The van der Waals surface area contributed by atoms with Gasteiger partial charge in [-0.3, -0.25) is 9.69 Å². The summed E-state index contributed by atoms with van der Waals surface area (Å²) >= 11 is 0. The summed E-state index contributed by atoms with van der Waals surface area (Å²) in [5.41, 5.74) is 13.0. The molecule has 36 heavy (non-hydrogen) atoms. The van der Waals surface area contributed by atoms with E-state index in [9.17, 15) is 10.1 Å². The number of piperazine rings is 2. The Balaban J connectivity index is 1.40. The van der Waals surface area contributed by atoms with Crippen LogP contribution in [0.25, 0.3) is 0 Å². The molecule has 188 valence electrons. The zero-order valence-corrected chi connectivity index (χ0v) is 21.5. The molecule has 2 aromatic carbocycles. The average molecular weight is 485 g/mol. The predicted octanol–water partition coefficient (Wildman–Crippen LogP) is 3.24. The zero-order valence-electron chi connectivity index (χ0n) is 21.5. The fraction of sp³-hybridized carbons (Fsp3) is 0.379. The third-order valence-electron chi connectivity index (χ3n) is 7.36. The quantitative estimate of drug-likeness (QED) is 0.634. The van der Waals surface area contributed by atoms with Gasteiger partial charge in [0.15, 0.2) is 0 Å². The largest absolute Gasteiger partial charge is 0.398 e. The van der Waals surface area contributed by atoms with Gasteiger partial charge in [-0.2, -0.15) is 5.26 Å². The standard InChI is InChI=1S/C29H36N6O/c1-21-17-22(2)27(29(36)35-15-13-33(14-16-35)24(4)23(3)31)18-26(21)20-32-9-11-34(12-10-32)28-8-6-5-7-25(28)19-30/h5-8,17-18H,3-4,9-16,20,31H2,1-2H3. The molecule has 2 aliphatic rings. The number of nitriles is 1. The van der Waals surface area contributed by atoms with Gasteiger partial charge in [0.05, 0.1) is 16.9 Å². The maximum absolute atomic E-state index is 13.4. The molecule has 0 unspecified atom stereocenters. The molecule has 0 atom stereocenters. The van der Waals surface area contributed by atoms with Crippen LogP contribution in [0.2, 0.25) is 0 Å². The number of anilines is 1. The molecule has 2 aliphatic heterocycles. The highest BCUT2D eigenvalue weighted by atomic mass is 16.2. The fourth-order valence-corrected chi connectivity index (χ4v) is 5.08. The number of para-hydroxylation sites is 1. The molecule has 2 N–H and O–H groups in total. The van der Waals surface area contributed by atoms with E-state index in [1.807, 2.05) is 36.1 Å². The summed E-state index contributed by atoms with van der Waals surface area (Å²) in [6, 6.07) is 14.3. The molecule has 2 saturated heterocycles. The molecule has 2 fully saturated rings. The van der Waals surface area contributed by atoms with Gasteiger partial charge < -0.3 is 20.4 Å². The van der Waals surface area contributed by atoms with Gasteiger partial charge in [-0.25, -0.2) is 0 Å². The molecule has 2 aromatic rings. The lowest BCUT2D eigenvalue weighted by molar-refractivity contribution is 0.0671. The van der Waals surface area contributed by atoms with Gasteiger partial charge >= 0.3 is 0 Å². The van der Waals surface area contributed by atoms with Crippen LogP contribution in [0.1, 0.15) is 32.6 Å². The molecule has 1 amide bonds. The van der Waals surface area contributed by atoms with Crippen molar-refractivity contribution in [3.8, 4) is 6.07 Å². The minimum absolute atomic E-state index is 0.0866. The van der Waals surface area contributed by atoms with E-state index in [1.54, 1.807) is 0 Å². The van der Waals surface area contributed by atoms with Crippen LogP contribution in [0.3, 0.4) is 0 Å². The van der Waals surface area contributed by atoms with Gasteiger partial charge in [0, 0.05) is 70.2 Å². The van der Waals surface area contributed by atoms with E-state index in [0.29, 0.717) is 31.9 Å². The number of rotatable bonds is 6. The highest BCUT2D eigenvalue weighted by Gasteiger charge is 2.25. The van der Waals surface area contributed by atoms with Crippen molar-refractivity contribution in [2.45, 2.75) is 20.4 Å². The molecule has 4 rings (SSSR count). The second-order valence-electron chi connectivity index (χ2n) is 9.74. The minimum Gasteiger partial charge on any atom is -0.398 e. The van der Waals surface area contributed by atoms with Crippen LogP contribution in [0.15, 0.2) is 61.0 Å². The van der Waals surface area contributed by atoms with E-state index in [2.05, 4.69) is 53.0 Å². The van der Waals surface area contributed by atoms with Gasteiger partial charge in [0.1, 0.15) is 6.07 Å². The number of carbonyl (C=O) groups excluding carboxylic acids is 1. The number of hydrogen-bond acceptors (Lipinski definition) is 6. The van der Waals surface area contributed by atoms with Crippen molar-refractivity contribution in [1.82, 2.24) is 14.7 Å². The molecule has 0 aromatic heterocycles. The third kappa shape index (κ3) is 5.39. The molecule has 0 radical (unpaired) electrons. The lowest BCUT2D eigenvalue weighted by atomic mass is 9.98. The molecule has 0 aliphatic carbocycles. The van der Waals surface area contributed by atoms with Crippen molar-refractivity contribution in [3.05, 3.63) is 88.8 Å². The minimum atomic E-state index is 0.0866. The van der Waals surface area contributed by atoms with Gasteiger partial charge in [-0.1, -0.05) is 31.4 Å². The number of aryl methyl sites for hydroxylation is 2. The van der Waals surface area contributed by atoms with Crippen molar-refractivity contribution in [2.24, 2.45) is 5.73 Å². The van der Waals surface area contributed by atoms with Gasteiger partial charge in [-0.15, -0.1) is 0 Å². The maximum Gasteiger partial charge on any atom is 0.254 e. The fourth-order valence-electron chi connectivity index (χ4n) is 5.08. The Morgan fingerprint density at radius 3 is 2.22 bits per heavy atom. The monoisotopic (exact) mass is 484 g/mol. The van der Waals surface area contributed by atoms with Crippen LogP contribution in [-0.4, -0.2) is 73.0 Å². The molecule has 0 spiro atoms. The maximum atomic E-state index is 13.4. The molecule has 7 nitrogen and oxygen atoms in total. The average Bonchev–Trinajstić information content (AvgIpc) is 2.90. The number of nitrogens with zero attached hydrogens (tertiary/aromatic N) is 5. The summed E-state index contributed by atoms with van der Waals surface area (Å²) in [5.74, 6) is 0.0866. The van der Waals surface area contributed by atoms with Gasteiger partial charge in [0.2, 0.25) is 0 Å². The molecular formula is C29H36N6O. The number of hydrogen-bond donors (Lipinski definition) is 1. The molecule has 0 saturated carbocycles. The first-order chi connectivity index (χ1) is 17.3. The Morgan fingerprint density at radius 2 is 1.58 bits per heavy atom. The van der Waals surface area contributed by atoms with Crippen molar-refractivity contribution >= 4 is 11.6 Å². The van der Waals surface area contributed by atoms with Gasteiger partial charge in [0.25, 0.3) is 5.91 Å². The first-order valence-electron chi connectivity index (χ1n) is 12.5. The van der Waals surface area contributed by atoms with Crippen LogP contribution in [0.5, 0.6) is 0 Å². The first-order valence-corrected chi connectivity index (χ1v) is 12.5. The molecule has 2 heterocycles. The van der Waals surface area contributed by atoms with E-state index < -0.39 is 0 Å². The number of nitrogens with two attached hydrogens (primary N) is 1. The lowest BCUT2D eigenvalue weighted by Crippen LogP contribution is -2.48. The molecular weight excluding hydrogens is 448 g/mol. The van der Waals surface area contributed by atoms with Crippen molar-refractivity contribution in [1.29, 1.82) is 5.26 Å². The highest BCUT2D eigenvalue weighted by molar-refractivity contribution is 5.96. The second kappa shape index (κ2) is 10.9. The van der Waals surface area contributed by atoms with Crippen LogP contribution >= 0.6 is 0 Å². The topological polar surface area (TPSA) is 79.8 Å². The molecule has 0 bridgehead atoms. The van der Waals surface area contributed by atoms with Crippen molar-refractivity contribution < 1.29 is 4.79 Å². The van der Waals surface area contributed by atoms with Crippen molar-refractivity contribution in [2.75, 3.05) is 57.3 Å². The van der Waals surface area contributed by atoms with E-state index in [0.717, 1.165) is 60.8 Å². The van der Waals surface area contributed by atoms with E-state index in [-0.39, 0.29) is 5.91 Å². The van der Waals surface area contributed by atoms with E-state index >= 15 is 0 Å². The number of carbonyl (C=O) groups is 1. The Hall–Kier alpha value is -3.76.